The van der Waals surface area contributed by atoms with Crippen molar-refractivity contribution >= 4 is 5.96 Å². The maximum atomic E-state index is 4.74. The molecule has 0 radical (unpaired) electrons. The first kappa shape index (κ1) is 18.7. The highest BCUT2D eigenvalue weighted by Crippen LogP contribution is 2.09. The molecule has 2 N–H and O–H groups in total. The molecule has 2 aromatic carbocycles. The summed E-state index contributed by atoms with van der Waals surface area (Å²) in [6, 6.07) is 18.9. The Bertz CT molecular complexity index is 868. The monoisotopic (exact) mass is 361 g/mol. The van der Waals surface area contributed by atoms with Gasteiger partial charge in [0.2, 0.25) is 0 Å². The van der Waals surface area contributed by atoms with Crippen LogP contribution in [0.25, 0.3) is 0 Å². The molecule has 5 nitrogen and oxygen atoms in total. The summed E-state index contributed by atoms with van der Waals surface area (Å²) < 4.78 is 1.93. The van der Waals surface area contributed by atoms with E-state index in [1.807, 2.05) is 16.9 Å². The summed E-state index contributed by atoms with van der Waals surface area (Å²) in [5, 5.41) is 11.0. The molecule has 3 aromatic rings. The Morgan fingerprint density at radius 2 is 1.89 bits per heavy atom. The van der Waals surface area contributed by atoms with Crippen molar-refractivity contribution in [2.24, 2.45) is 4.99 Å². The smallest absolute Gasteiger partial charge is 0.191 e. The zero-order chi connectivity index (χ0) is 18.9. The van der Waals surface area contributed by atoms with Crippen LogP contribution in [0.1, 0.15) is 29.2 Å². The molecule has 140 valence electrons. The van der Waals surface area contributed by atoms with Gasteiger partial charge >= 0.3 is 0 Å². The van der Waals surface area contributed by atoms with E-state index in [1.54, 1.807) is 6.20 Å². The third-order valence-electron chi connectivity index (χ3n) is 4.37. The van der Waals surface area contributed by atoms with Crippen LogP contribution in [0.15, 0.2) is 72.0 Å². The normalized spacial score (nSPS) is 11.4. The first-order chi connectivity index (χ1) is 13.2. The lowest BCUT2D eigenvalue weighted by Crippen LogP contribution is -2.36. The number of benzene rings is 2. The van der Waals surface area contributed by atoms with E-state index in [4.69, 9.17) is 4.99 Å². The van der Waals surface area contributed by atoms with Crippen LogP contribution in [0.2, 0.25) is 0 Å². The van der Waals surface area contributed by atoms with Crippen LogP contribution < -0.4 is 10.6 Å². The largest absolute Gasteiger partial charge is 0.357 e. The van der Waals surface area contributed by atoms with Gasteiger partial charge in [-0.25, -0.2) is 4.99 Å². The molecule has 1 heterocycles. The van der Waals surface area contributed by atoms with Crippen molar-refractivity contribution in [3.05, 3.63) is 89.2 Å². The molecular weight excluding hydrogens is 334 g/mol. The van der Waals surface area contributed by atoms with Gasteiger partial charge in [0.05, 0.1) is 13.1 Å². The van der Waals surface area contributed by atoms with Crippen LogP contribution in [0.4, 0.5) is 0 Å². The van der Waals surface area contributed by atoms with Gasteiger partial charge in [0.15, 0.2) is 5.96 Å². The van der Waals surface area contributed by atoms with Crippen molar-refractivity contribution in [2.45, 2.75) is 33.5 Å². The summed E-state index contributed by atoms with van der Waals surface area (Å²) in [4.78, 5) is 4.74. The number of nitrogens with one attached hydrogen (secondary N) is 2. The van der Waals surface area contributed by atoms with Gasteiger partial charge in [-0.1, -0.05) is 48.5 Å². The van der Waals surface area contributed by atoms with E-state index in [2.05, 4.69) is 78.1 Å². The Labute approximate surface area is 161 Å². The number of aliphatic imine (C=N–C) groups is 1. The number of aromatic nitrogens is 2. The fourth-order valence-electron chi connectivity index (χ4n) is 2.91. The van der Waals surface area contributed by atoms with Gasteiger partial charge in [0.1, 0.15) is 0 Å². The van der Waals surface area contributed by atoms with E-state index in [9.17, 15) is 0 Å². The lowest BCUT2D eigenvalue weighted by molar-refractivity contribution is 0.686. The minimum absolute atomic E-state index is 0.635. The topological polar surface area (TPSA) is 54.2 Å². The standard InChI is InChI=1S/C22H27N5/c1-3-23-22(25-16-21-11-5-4-8-18(21)2)24-15-19-9-6-10-20(14-19)17-27-13-7-12-26-27/h4-14H,3,15-17H2,1-2H3,(H2,23,24,25). The minimum Gasteiger partial charge on any atom is -0.357 e. The van der Waals surface area contributed by atoms with Crippen molar-refractivity contribution in [2.75, 3.05) is 6.54 Å². The molecule has 0 saturated carbocycles. The third kappa shape index (κ3) is 5.71. The number of hydrogen-bond donors (Lipinski definition) is 2. The third-order valence-corrected chi connectivity index (χ3v) is 4.37. The molecule has 0 fully saturated rings. The first-order valence-electron chi connectivity index (χ1n) is 9.36. The highest BCUT2D eigenvalue weighted by Gasteiger charge is 2.02. The predicted molar refractivity (Wildman–Crippen MR) is 111 cm³/mol. The second kappa shape index (κ2) is 9.57. The summed E-state index contributed by atoms with van der Waals surface area (Å²) in [6.07, 6.45) is 3.78. The van der Waals surface area contributed by atoms with E-state index in [0.29, 0.717) is 6.54 Å². The van der Waals surface area contributed by atoms with Crippen LogP contribution in [0, 0.1) is 6.92 Å². The molecule has 0 bridgehead atoms. The van der Waals surface area contributed by atoms with Crippen LogP contribution >= 0.6 is 0 Å². The molecule has 0 aliphatic rings. The molecule has 0 amide bonds. The fraction of sp³-hybridized carbons (Fsp3) is 0.273. The second-order valence-electron chi connectivity index (χ2n) is 6.50. The molecule has 0 aliphatic carbocycles. The van der Waals surface area contributed by atoms with Crippen molar-refractivity contribution in [3.63, 3.8) is 0 Å². The fourth-order valence-corrected chi connectivity index (χ4v) is 2.91. The number of nitrogens with zero attached hydrogens (tertiary/aromatic N) is 3. The summed E-state index contributed by atoms with van der Waals surface area (Å²) in [5.74, 6) is 0.832. The van der Waals surface area contributed by atoms with Crippen molar-refractivity contribution in [1.82, 2.24) is 20.4 Å². The molecular formula is C22H27N5. The average Bonchev–Trinajstić information content (AvgIpc) is 3.18. The lowest BCUT2D eigenvalue weighted by atomic mass is 10.1. The Balaban J connectivity index is 1.63. The summed E-state index contributed by atoms with van der Waals surface area (Å²) in [6.45, 7) is 7.21. The molecule has 27 heavy (non-hydrogen) atoms. The van der Waals surface area contributed by atoms with Crippen molar-refractivity contribution < 1.29 is 0 Å². The van der Waals surface area contributed by atoms with Gasteiger partial charge < -0.3 is 10.6 Å². The molecule has 5 heteroatoms. The van der Waals surface area contributed by atoms with Gasteiger partial charge in [0.25, 0.3) is 0 Å². The van der Waals surface area contributed by atoms with Crippen LogP contribution in [-0.4, -0.2) is 22.3 Å². The van der Waals surface area contributed by atoms with Crippen LogP contribution in [0.3, 0.4) is 0 Å². The Hall–Kier alpha value is -3.08. The number of aryl methyl sites for hydroxylation is 1. The Morgan fingerprint density at radius 1 is 1.04 bits per heavy atom. The van der Waals surface area contributed by atoms with E-state index in [-0.39, 0.29) is 0 Å². The SMILES string of the molecule is CCNC(=NCc1cccc(Cn2cccn2)c1)NCc1ccccc1C. The molecule has 0 unspecified atom stereocenters. The van der Waals surface area contributed by atoms with Gasteiger partial charge in [-0.3, -0.25) is 4.68 Å². The van der Waals surface area contributed by atoms with Gasteiger partial charge in [0, 0.05) is 25.5 Å². The maximum Gasteiger partial charge on any atom is 0.191 e. The quantitative estimate of drug-likeness (QED) is 0.500. The number of guanidine groups is 1. The summed E-state index contributed by atoms with van der Waals surface area (Å²) in [5.41, 5.74) is 4.98. The number of hydrogen-bond acceptors (Lipinski definition) is 2. The summed E-state index contributed by atoms with van der Waals surface area (Å²) in [7, 11) is 0. The molecule has 1 aromatic heterocycles. The lowest BCUT2D eigenvalue weighted by Gasteiger charge is -2.13. The van der Waals surface area contributed by atoms with E-state index >= 15 is 0 Å². The van der Waals surface area contributed by atoms with Crippen LogP contribution in [-0.2, 0) is 19.6 Å². The van der Waals surface area contributed by atoms with Crippen molar-refractivity contribution in [1.29, 1.82) is 0 Å². The molecule has 0 spiro atoms. The predicted octanol–water partition coefficient (Wildman–Crippen LogP) is 3.50. The average molecular weight is 361 g/mol. The van der Waals surface area contributed by atoms with Gasteiger partial charge in [-0.2, -0.15) is 5.10 Å². The van der Waals surface area contributed by atoms with E-state index in [0.717, 1.165) is 25.6 Å². The molecule has 0 atom stereocenters. The van der Waals surface area contributed by atoms with Gasteiger partial charge in [-0.15, -0.1) is 0 Å². The Kier molecular flexibility index (Phi) is 6.63. The molecule has 0 aliphatic heterocycles. The zero-order valence-electron chi connectivity index (χ0n) is 16.0. The minimum atomic E-state index is 0.635. The Morgan fingerprint density at radius 3 is 2.67 bits per heavy atom. The van der Waals surface area contributed by atoms with Crippen molar-refractivity contribution in [3.8, 4) is 0 Å². The zero-order valence-corrected chi connectivity index (χ0v) is 16.0. The summed E-state index contributed by atoms with van der Waals surface area (Å²) >= 11 is 0. The highest BCUT2D eigenvalue weighted by atomic mass is 15.3. The number of rotatable bonds is 7. The van der Waals surface area contributed by atoms with Gasteiger partial charge in [-0.05, 0) is 42.2 Å². The maximum absolute atomic E-state index is 4.74. The second-order valence-corrected chi connectivity index (χ2v) is 6.50. The van der Waals surface area contributed by atoms with E-state index < -0.39 is 0 Å². The highest BCUT2D eigenvalue weighted by molar-refractivity contribution is 5.79. The van der Waals surface area contributed by atoms with Crippen LogP contribution in [0.5, 0.6) is 0 Å². The molecule has 0 saturated heterocycles. The first-order valence-corrected chi connectivity index (χ1v) is 9.36. The van der Waals surface area contributed by atoms with E-state index in [1.165, 1.54) is 22.3 Å². The molecule has 3 rings (SSSR count).